The van der Waals surface area contributed by atoms with Gasteiger partial charge in [0, 0.05) is 4.91 Å². The summed E-state index contributed by atoms with van der Waals surface area (Å²) in [6.07, 6.45) is -1.59. The van der Waals surface area contributed by atoms with Crippen LogP contribution < -0.4 is 0 Å². The second-order valence-electron chi connectivity index (χ2n) is 4.76. The number of hydrogen-bond acceptors (Lipinski definition) is 8. The van der Waals surface area contributed by atoms with Gasteiger partial charge in [-0.2, -0.15) is 0 Å². The van der Waals surface area contributed by atoms with Gasteiger partial charge >= 0.3 is 0 Å². The molecule has 0 aromatic carbocycles. The van der Waals surface area contributed by atoms with Crippen molar-refractivity contribution in [1.29, 1.82) is 0 Å². The van der Waals surface area contributed by atoms with Crippen molar-refractivity contribution in [1.82, 2.24) is 19.5 Å². The fraction of sp³-hybridized carbons (Fsp3) is 0.545. The molecular weight excluding hydrogens is 294 g/mol. The predicted octanol–water partition coefficient (Wildman–Crippen LogP) is -0.752. The molecule has 0 saturated carbocycles. The molecule has 11 nitrogen and oxygen atoms in total. The highest BCUT2D eigenvalue weighted by atomic mass is 16.6. The minimum atomic E-state index is -1.23. The van der Waals surface area contributed by atoms with Crippen LogP contribution in [-0.4, -0.2) is 59.8 Å². The largest absolute Gasteiger partial charge is 0.394 e. The van der Waals surface area contributed by atoms with Gasteiger partial charge in [-0.15, -0.1) is 0 Å². The molecule has 11 heteroatoms. The van der Waals surface area contributed by atoms with Gasteiger partial charge in [0.15, 0.2) is 11.9 Å². The highest BCUT2D eigenvalue weighted by Gasteiger charge is 2.43. The number of nitrogens with zero attached hydrogens (tertiary/aromatic N) is 7. The van der Waals surface area contributed by atoms with Crippen LogP contribution in [0.5, 0.6) is 0 Å². The molecule has 0 radical (unpaired) electrons. The number of rotatable bonds is 4. The number of ether oxygens (including phenoxy) is 1. The fourth-order valence-electron chi connectivity index (χ4n) is 2.41. The molecule has 3 rings (SSSR count). The topological polar surface area (TPSA) is 162 Å². The third kappa shape index (κ3) is 2.26. The smallest absolute Gasteiger partial charge is 0.165 e. The maximum Gasteiger partial charge on any atom is 0.165 e. The van der Waals surface area contributed by atoms with E-state index in [0.29, 0.717) is 16.9 Å². The van der Waals surface area contributed by atoms with Crippen molar-refractivity contribution in [2.45, 2.75) is 31.1 Å². The fourth-order valence-corrected chi connectivity index (χ4v) is 2.41. The Bertz CT molecular complexity index is 728. The summed E-state index contributed by atoms with van der Waals surface area (Å²) in [6, 6.07) is 0. The van der Waals surface area contributed by atoms with Crippen molar-refractivity contribution in [3.8, 4) is 0 Å². The molecule has 1 saturated heterocycles. The van der Waals surface area contributed by atoms with E-state index < -0.39 is 31.1 Å². The lowest BCUT2D eigenvalue weighted by Crippen LogP contribution is -2.33. The molecule has 0 aliphatic carbocycles. The molecular formula is C11H13N7O4. The molecule has 22 heavy (non-hydrogen) atoms. The van der Waals surface area contributed by atoms with E-state index in [1.54, 1.807) is 0 Å². The Labute approximate surface area is 123 Å². The van der Waals surface area contributed by atoms with Crippen molar-refractivity contribution in [3.63, 3.8) is 0 Å². The standard InChI is InChI=1S/C11H13N7O4/c12-17-16-1-5-7-10(14-3-13-5)18(4-15-7)11-9(21)8(20)6(2-19)22-11/h3-4,6,8-9,11,19-21H,1-2H2/t6-,8-,9-,11-/m1/s1. The summed E-state index contributed by atoms with van der Waals surface area (Å²) in [4.78, 5) is 14.9. The van der Waals surface area contributed by atoms with E-state index >= 15 is 0 Å². The zero-order chi connectivity index (χ0) is 15.7. The van der Waals surface area contributed by atoms with E-state index in [4.69, 9.17) is 15.4 Å². The number of aliphatic hydroxyl groups excluding tert-OH is 3. The number of imidazole rings is 1. The summed E-state index contributed by atoms with van der Waals surface area (Å²) in [7, 11) is 0. The molecule has 1 aliphatic heterocycles. The van der Waals surface area contributed by atoms with Gasteiger partial charge in [0.2, 0.25) is 0 Å². The molecule has 1 aliphatic rings. The number of hydrogen-bond donors (Lipinski definition) is 3. The lowest BCUT2D eigenvalue weighted by molar-refractivity contribution is -0.0511. The van der Waals surface area contributed by atoms with Crippen LogP contribution in [-0.2, 0) is 11.3 Å². The molecule has 0 bridgehead atoms. The number of aliphatic hydroxyl groups is 3. The molecule has 0 unspecified atom stereocenters. The van der Waals surface area contributed by atoms with Crippen LogP contribution in [0, 0.1) is 0 Å². The van der Waals surface area contributed by atoms with Crippen molar-refractivity contribution < 1.29 is 20.1 Å². The Morgan fingerprint density at radius 3 is 2.82 bits per heavy atom. The van der Waals surface area contributed by atoms with Gasteiger partial charge in [0.25, 0.3) is 0 Å². The summed E-state index contributed by atoms with van der Waals surface area (Å²) in [5.74, 6) is 0. The summed E-state index contributed by atoms with van der Waals surface area (Å²) < 4.78 is 6.88. The van der Waals surface area contributed by atoms with Crippen molar-refractivity contribution in [2.24, 2.45) is 5.11 Å². The summed E-state index contributed by atoms with van der Waals surface area (Å²) in [5.41, 5.74) is 9.60. The molecule has 4 atom stereocenters. The lowest BCUT2D eigenvalue weighted by Gasteiger charge is -2.16. The first kappa shape index (κ1) is 14.6. The highest BCUT2D eigenvalue weighted by Crippen LogP contribution is 2.31. The molecule has 3 N–H and O–H groups in total. The zero-order valence-electron chi connectivity index (χ0n) is 11.3. The van der Waals surface area contributed by atoms with Crippen molar-refractivity contribution in [2.75, 3.05) is 6.61 Å². The van der Waals surface area contributed by atoms with Crippen LogP contribution in [0.2, 0.25) is 0 Å². The van der Waals surface area contributed by atoms with Crippen LogP contribution in [0.25, 0.3) is 21.6 Å². The molecule has 2 aromatic heterocycles. The summed E-state index contributed by atoms with van der Waals surface area (Å²) in [5, 5.41) is 32.4. The van der Waals surface area contributed by atoms with Gasteiger partial charge in [0.05, 0.1) is 25.2 Å². The van der Waals surface area contributed by atoms with Crippen LogP contribution in [0.15, 0.2) is 17.8 Å². The Morgan fingerprint density at radius 2 is 2.14 bits per heavy atom. The minimum absolute atomic E-state index is 0.0164. The number of azide groups is 1. The average molecular weight is 307 g/mol. The second-order valence-corrected chi connectivity index (χ2v) is 4.76. The monoisotopic (exact) mass is 307 g/mol. The SMILES string of the molecule is [N-]=[N+]=NCc1ncnc2c1ncn2[C@@H]1O[C@H](CO)[C@@H](O)[C@H]1O. The van der Waals surface area contributed by atoms with E-state index in [-0.39, 0.29) is 6.54 Å². The third-order valence-electron chi connectivity index (χ3n) is 3.51. The quantitative estimate of drug-likeness (QED) is 0.380. The first-order valence-corrected chi connectivity index (χ1v) is 6.47. The van der Waals surface area contributed by atoms with Crippen LogP contribution in [0.3, 0.4) is 0 Å². The van der Waals surface area contributed by atoms with Gasteiger partial charge in [-0.25, -0.2) is 15.0 Å². The van der Waals surface area contributed by atoms with E-state index in [0.717, 1.165) is 0 Å². The van der Waals surface area contributed by atoms with Gasteiger partial charge < -0.3 is 20.1 Å². The van der Waals surface area contributed by atoms with E-state index in [1.165, 1.54) is 17.2 Å². The van der Waals surface area contributed by atoms with Crippen molar-refractivity contribution in [3.05, 3.63) is 28.8 Å². The predicted molar refractivity (Wildman–Crippen MR) is 71.2 cm³/mol. The van der Waals surface area contributed by atoms with Gasteiger partial charge in [-0.05, 0) is 5.53 Å². The molecule has 116 valence electrons. The lowest BCUT2D eigenvalue weighted by atomic mass is 10.1. The second kappa shape index (κ2) is 5.83. The summed E-state index contributed by atoms with van der Waals surface area (Å²) >= 11 is 0. The van der Waals surface area contributed by atoms with Crippen molar-refractivity contribution >= 4 is 11.2 Å². The molecule has 2 aromatic rings. The third-order valence-corrected chi connectivity index (χ3v) is 3.51. The first-order valence-electron chi connectivity index (χ1n) is 6.47. The van der Waals surface area contributed by atoms with Gasteiger partial charge in [-0.3, -0.25) is 4.57 Å². The average Bonchev–Trinajstić information content (AvgIpc) is 3.08. The Balaban J connectivity index is 2.00. The van der Waals surface area contributed by atoms with Gasteiger partial charge in [0.1, 0.15) is 30.2 Å². The summed E-state index contributed by atoms with van der Waals surface area (Å²) in [6.45, 7) is -0.402. The maximum absolute atomic E-state index is 10.1. The van der Waals surface area contributed by atoms with E-state index in [1.807, 2.05) is 0 Å². The minimum Gasteiger partial charge on any atom is -0.394 e. The Morgan fingerprint density at radius 1 is 1.32 bits per heavy atom. The maximum atomic E-state index is 10.1. The molecule has 0 spiro atoms. The van der Waals surface area contributed by atoms with Crippen LogP contribution in [0.4, 0.5) is 0 Å². The van der Waals surface area contributed by atoms with E-state index in [9.17, 15) is 10.2 Å². The Hall–Kier alpha value is -2.30. The molecule has 3 heterocycles. The number of aromatic nitrogens is 4. The Kier molecular flexibility index (Phi) is 3.88. The highest BCUT2D eigenvalue weighted by molar-refractivity contribution is 5.73. The van der Waals surface area contributed by atoms with Crippen LogP contribution >= 0.6 is 0 Å². The zero-order valence-corrected chi connectivity index (χ0v) is 11.3. The first-order chi connectivity index (χ1) is 10.7. The van der Waals surface area contributed by atoms with Crippen LogP contribution in [0.1, 0.15) is 11.9 Å². The van der Waals surface area contributed by atoms with Gasteiger partial charge in [-0.1, -0.05) is 5.11 Å². The normalized spacial score (nSPS) is 28.0. The number of fused-ring (bicyclic) bond motifs is 1. The van der Waals surface area contributed by atoms with E-state index in [2.05, 4.69) is 25.0 Å². The molecule has 0 amide bonds. The molecule has 1 fully saturated rings.